The number of para-hydroxylation sites is 1. The van der Waals surface area contributed by atoms with Crippen LogP contribution in [0.1, 0.15) is 27.7 Å². The lowest BCUT2D eigenvalue weighted by atomic mass is 10.2. The highest BCUT2D eigenvalue weighted by Crippen LogP contribution is 2.33. The maximum Gasteiger partial charge on any atom is 0.154 e. The van der Waals surface area contributed by atoms with E-state index in [-0.39, 0.29) is 0 Å². The zero-order valence-electron chi connectivity index (χ0n) is 17.3. The molecule has 0 fully saturated rings. The summed E-state index contributed by atoms with van der Waals surface area (Å²) in [6.07, 6.45) is 1.89. The Morgan fingerprint density at radius 3 is 2.31 bits per heavy atom. The second kappa shape index (κ2) is 9.85. The van der Waals surface area contributed by atoms with Crippen LogP contribution in [0.4, 0.5) is 11.5 Å². The monoisotopic (exact) mass is 402 g/mol. The Morgan fingerprint density at radius 1 is 0.828 bits per heavy atom. The molecule has 0 saturated heterocycles. The minimum absolute atomic E-state index is 0.791. The van der Waals surface area contributed by atoms with Gasteiger partial charge in [-0.1, -0.05) is 64.1 Å². The molecule has 148 valence electrons. The van der Waals surface area contributed by atoms with E-state index in [0.717, 1.165) is 27.7 Å². The topological polar surface area (TPSA) is 42.2 Å². The molecular formula is C24H26N4S. The number of fused-ring (bicyclic) bond motifs is 2. The summed E-state index contributed by atoms with van der Waals surface area (Å²) in [5.74, 6) is 0.791. The molecule has 0 radical (unpaired) electrons. The van der Waals surface area contributed by atoms with Crippen LogP contribution in [0.25, 0.3) is 26.3 Å². The second-order valence-electron chi connectivity index (χ2n) is 5.77. The van der Waals surface area contributed by atoms with E-state index < -0.39 is 0 Å². The van der Waals surface area contributed by atoms with E-state index in [2.05, 4.69) is 40.6 Å². The molecule has 5 rings (SSSR count). The zero-order valence-corrected chi connectivity index (χ0v) is 18.1. The normalized spacial score (nSPS) is 10.1. The number of hydrogen-bond acceptors (Lipinski definition) is 4. The van der Waals surface area contributed by atoms with Crippen molar-refractivity contribution in [2.24, 2.45) is 0 Å². The Kier molecular flexibility index (Phi) is 6.98. The van der Waals surface area contributed by atoms with Gasteiger partial charge in [-0.15, -0.1) is 16.4 Å². The van der Waals surface area contributed by atoms with Crippen LogP contribution in [-0.2, 0) is 0 Å². The largest absolute Gasteiger partial charge is 0.339 e. The lowest BCUT2D eigenvalue weighted by molar-refractivity contribution is 0.951. The molecule has 0 amide bonds. The highest BCUT2D eigenvalue weighted by Gasteiger charge is 2.11. The summed E-state index contributed by atoms with van der Waals surface area (Å²) >= 11 is 1.76. The Labute approximate surface area is 175 Å². The molecule has 0 atom stereocenters. The van der Waals surface area contributed by atoms with Gasteiger partial charge in [0.25, 0.3) is 0 Å². The SMILES string of the molecule is CC.CC.c1ccc(Nc2ccc3ncc(-c4cc5ccccc5s4)n3n2)cc1. The van der Waals surface area contributed by atoms with Crippen molar-refractivity contribution >= 4 is 38.6 Å². The first-order chi connectivity index (χ1) is 14.4. The Hall–Kier alpha value is -3.18. The Morgan fingerprint density at radius 2 is 1.55 bits per heavy atom. The van der Waals surface area contributed by atoms with Gasteiger partial charge in [0, 0.05) is 10.4 Å². The fraction of sp³-hybridized carbons (Fsp3) is 0.167. The van der Waals surface area contributed by atoms with Crippen LogP contribution >= 0.6 is 11.3 Å². The summed E-state index contributed by atoms with van der Waals surface area (Å²) in [7, 11) is 0. The average molecular weight is 403 g/mol. The van der Waals surface area contributed by atoms with Crippen molar-refractivity contribution in [3.05, 3.63) is 79.0 Å². The van der Waals surface area contributed by atoms with Crippen LogP contribution in [0.15, 0.2) is 79.0 Å². The number of nitrogens with zero attached hydrogens (tertiary/aromatic N) is 3. The van der Waals surface area contributed by atoms with E-state index in [1.165, 1.54) is 10.1 Å². The van der Waals surface area contributed by atoms with Gasteiger partial charge in [-0.25, -0.2) is 9.50 Å². The third-order valence-corrected chi connectivity index (χ3v) is 5.23. The van der Waals surface area contributed by atoms with Crippen molar-refractivity contribution in [1.29, 1.82) is 0 Å². The van der Waals surface area contributed by atoms with Crippen LogP contribution in [0.3, 0.4) is 0 Å². The minimum Gasteiger partial charge on any atom is -0.339 e. The van der Waals surface area contributed by atoms with Crippen molar-refractivity contribution in [3.8, 4) is 10.6 Å². The number of thiophene rings is 1. The van der Waals surface area contributed by atoms with E-state index in [4.69, 9.17) is 5.10 Å². The first-order valence-electron chi connectivity index (χ1n) is 10.0. The molecule has 0 bridgehead atoms. The van der Waals surface area contributed by atoms with Crippen molar-refractivity contribution in [2.75, 3.05) is 5.32 Å². The maximum atomic E-state index is 4.73. The van der Waals surface area contributed by atoms with Gasteiger partial charge in [0.05, 0.1) is 11.1 Å². The highest BCUT2D eigenvalue weighted by molar-refractivity contribution is 7.22. The predicted molar refractivity (Wildman–Crippen MR) is 126 cm³/mol. The van der Waals surface area contributed by atoms with Gasteiger partial charge in [0.1, 0.15) is 5.69 Å². The van der Waals surface area contributed by atoms with Crippen LogP contribution in [0.2, 0.25) is 0 Å². The first-order valence-corrected chi connectivity index (χ1v) is 10.8. The molecule has 0 saturated carbocycles. The molecule has 0 spiro atoms. The number of nitrogens with one attached hydrogen (secondary N) is 1. The molecule has 3 heterocycles. The van der Waals surface area contributed by atoms with E-state index in [1.54, 1.807) is 11.3 Å². The van der Waals surface area contributed by atoms with Gasteiger partial charge in [0.15, 0.2) is 11.5 Å². The smallest absolute Gasteiger partial charge is 0.154 e. The molecule has 3 aromatic heterocycles. The van der Waals surface area contributed by atoms with Gasteiger partial charge in [-0.2, -0.15) is 0 Å². The molecule has 2 aromatic carbocycles. The average Bonchev–Trinajstić information content (AvgIpc) is 3.41. The molecule has 0 unspecified atom stereocenters. The maximum absolute atomic E-state index is 4.73. The molecule has 0 aliphatic heterocycles. The lowest BCUT2D eigenvalue weighted by Gasteiger charge is -2.06. The van der Waals surface area contributed by atoms with Gasteiger partial charge >= 0.3 is 0 Å². The third-order valence-electron chi connectivity index (χ3n) is 4.09. The van der Waals surface area contributed by atoms with E-state index in [9.17, 15) is 0 Å². The summed E-state index contributed by atoms with van der Waals surface area (Å²) < 4.78 is 3.17. The summed E-state index contributed by atoms with van der Waals surface area (Å²) in [6.45, 7) is 8.00. The van der Waals surface area contributed by atoms with Gasteiger partial charge < -0.3 is 5.32 Å². The minimum atomic E-state index is 0.791. The predicted octanol–water partition coefficient (Wildman–Crippen LogP) is 7.41. The van der Waals surface area contributed by atoms with Crippen molar-refractivity contribution in [3.63, 3.8) is 0 Å². The van der Waals surface area contributed by atoms with Gasteiger partial charge in [-0.3, -0.25) is 0 Å². The van der Waals surface area contributed by atoms with Crippen LogP contribution in [-0.4, -0.2) is 14.6 Å². The van der Waals surface area contributed by atoms with E-state index >= 15 is 0 Å². The molecule has 5 aromatic rings. The molecule has 0 aliphatic carbocycles. The van der Waals surface area contributed by atoms with E-state index in [1.807, 2.05) is 80.9 Å². The quantitative estimate of drug-likeness (QED) is 0.342. The van der Waals surface area contributed by atoms with Crippen molar-refractivity contribution < 1.29 is 0 Å². The van der Waals surface area contributed by atoms with Crippen LogP contribution < -0.4 is 5.32 Å². The number of hydrogen-bond donors (Lipinski definition) is 1. The Balaban J connectivity index is 0.000000568. The second-order valence-corrected chi connectivity index (χ2v) is 6.86. The third kappa shape index (κ3) is 4.46. The summed E-state index contributed by atoms with van der Waals surface area (Å²) in [6, 6.07) is 24.6. The first kappa shape index (κ1) is 20.6. The van der Waals surface area contributed by atoms with Gasteiger partial charge in [-0.05, 0) is 41.8 Å². The molecule has 29 heavy (non-hydrogen) atoms. The summed E-state index contributed by atoms with van der Waals surface area (Å²) in [5, 5.41) is 9.31. The van der Waals surface area contributed by atoms with Crippen LogP contribution in [0.5, 0.6) is 0 Å². The van der Waals surface area contributed by atoms with Crippen molar-refractivity contribution in [2.45, 2.75) is 27.7 Å². The molecule has 5 heteroatoms. The zero-order chi connectivity index (χ0) is 20.6. The Bertz CT molecular complexity index is 1140. The summed E-state index contributed by atoms with van der Waals surface area (Å²) in [4.78, 5) is 5.66. The number of benzene rings is 2. The molecular weight excluding hydrogens is 376 g/mol. The van der Waals surface area contributed by atoms with E-state index in [0.29, 0.717) is 0 Å². The fourth-order valence-electron chi connectivity index (χ4n) is 2.89. The number of anilines is 2. The summed E-state index contributed by atoms with van der Waals surface area (Å²) in [5.41, 5.74) is 2.86. The van der Waals surface area contributed by atoms with Crippen LogP contribution in [0, 0.1) is 0 Å². The number of rotatable bonds is 3. The highest BCUT2D eigenvalue weighted by atomic mass is 32.1. The number of imidazole rings is 1. The van der Waals surface area contributed by atoms with Gasteiger partial charge in [0.2, 0.25) is 0 Å². The molecule has 1 N–H and O–H groups in total. The fourth-order valence-corrected chi connectivity index (χ4v) is 3.94. The molecule has 0 aliphatic rings. The van der Waals surface area contributed by atoms with Crippen molar-refractivity contribution in [1.82, 2.24) is 14.6 Å². The lowest BCUT2D eigenvalue weighted by Crippen LogP contribution is -1.99. The number of aromatic nitrogens is 3. The standard InChI is InChI=1S/C20H14N4S.2C2H6/c1-2-7-15(8-3-1)22-19-10-11-20-21-13-16(24(20)23-19)18-12-14-6-4-5-9-17(14)25-18;2*1-2/h1-13H,(H,22,23);2*1-2H3. The molecule has 4 nitrogen and oxygen atoms in total.